The molecule has 0 aromatic rings. The van der Waals surface area contributed by atoms with Crippen molar-refractivity contribution in [3.63, 3.8) is 0 Å². The van der Waals surface area contributed by atoms with Gasteiger partial charge in [-0.25, -0.2) is 4.79 Å². The fourth-order valence-corrected chi connectivity index (χ4v) is 2.39. The maximum Gasteiger partial charge on any atom is 0.326 e. The van der Waals surface area contributed by atoms with Crippen LogP contribution in [-0.4, -0.2) is 69.9 Å². The largest absolute Gasteiger partial charge is 0.481 e. The first kappa shape index (κ1) is 27.8. The van der Waals surface area contributed by atoms with Gasteiger partial charge in [-0.15, -0.1) is 0 Å². The molecule has 0 saturated carbocycles. The van der Waals surface area contributed by atoms with Crippen LogP contribution < -0.4 is 27.4 Å². The van der Waals surface area contributed by atoms with E-state index in [1.165, 1.54) is 6.92 Å². The average molecular weight is 445 g/mol. The molecule has 31 heavy (non-hydrogen) atoms. The summed E-state index contributed by atoms with van der Waals surface area (Å²) in [7, 11) is 0. The predicted molar refractivity (Wildman–Crippen MR) is 107 cm³/mol. The summed E-state index contributed by atoms with van der Waals surface area (Å²) in [4.78, 5) is 70.1. The number of aliphatic carboxylic acids is 2. The molecule has 13 nitrogen and oxygen atoms in total. The van der Waals surface area contributed by atoms with Gasteiger partial charge < -0.3 is 37.6 Å². The smallest absolute Gasteiger partial charge is 0.326 e. The van der Waals surface area contributed by atoms with Crippen molar-refractivity contribution in [1.29, 1.82) is 0 Å². The Bertz CT molecular complexity index is 698. The minimum absolute atomic E-state index is 0.137. The van der Waals surface area contributed by atoms with Crippen molar-refractivity contribution in [3.8, 4) is 0 Å². The molecular formula is C18H31N5O8. The van der Waals surface area contributed by atoms with Gasteiger partial charge in [0.05, 0.1) is 12.5 Å². The standard InChI is InChI=1S/C18H31N5O8/c1-4-8(2)14(20)17(29)21-9(3)15(27)23-11(7-12(19)24)16(28)22-10(18(30)31)5-6-13(25)26/h8-11,14H,4-7,20H2,1-3H3,(H2,19,24)(H,21,29)(H,22,28)(H,23,27)(H,25,26)(H,30,31). The number of carbonyl (C=O) groups is 6. The molecule has 0 aliphatic heterocycles. The van der Waals surface area contributed by atoms with Crippen molar-refractivity contribution < 1.29 is 39.0 Å². The first-order valence-electron chi connectivity index (χ1n) is 9.69. The average Bonchev–Trinajstić information content (AvgIpc) is 2.67. The van der Waals surface area contributed by atoms with Crippen molar-refractivity contribution in [1.82, 2.24) is 16.0 Å². The van der Waals surface area contributed by atoms with E-state index in [4.69, 9.17) is 21.7 Å². The number of carbonyl (C=O) groups excluding carboxylic acids is 4. The van der Waals surface area contributed by atoms with E-state index in [2.05, 4.69) is 16.0 Å². The third kappa shape index (κ3) is 10.4. The minimum atomic E-state index is -1.55. The molecule has 0 radical (unpaired) electrons. The highest BCUT2D eigenvalue weighted by atomic mass is 16.4. The second-order valence-electron chi connectivity index (χ2n) is 7.21. The van der Waals surface area contributed by atoms with Crippen molar-refractivity contribution >= 4 is 35.6 Å². The van der Waals surface area contributed by atoms with Gasteiger partial charge in [-0.2, -0.15) is 0 Å². The molecule has 0 bridgehead atoms. The lowest BCUT2D eigenvalue weighted by Crippen LogP contribution is -2.57. The molecule has 5 unspecified atom stereocenters. The summed E-state index contributed by atoms with van der Waals surface area (Å²) in [6.45, 7) is 4.95. The number of nitrogens with one attached hydrogen (secondary N) is 3. The number of primary amides is 1. The van der Waals surface area contributed by atoms with Crippen LogP contribution in [0.3, 0.4) is 0 Å². The highest BCUT2D eigenvalue weighted by Crippen LogP contribution is 2.06. The maximum atomic E-state index is 12.4. The summed E-state index contributed by atoms with van der Waals surface area (Å²) in [5, 5.41) is 24.5. The summed E-state index contributed by atoms with van der Waals surface area (Å²) in [6, 6.07) is -5.05. The Morgan fingerprint density at radius 1 is 0.871 bits per heavy atom. The molecule has 0 aromatic carbocycles. The van der Waals surface area contributed by atoms with Crippen LogP contribution in [0.1, 0.15) is 46.5 Å². The number of hydrogen-bond donors (Lipinski definition) is 7. The highest BCUT2D eigenvalue weighted by molar-refractivity contribution is 5.96. The van der Waals surface area contributed by atoms with E-state index in [1.807, 2.05) is 6.92 Å². The van der Waals surface area contributed by atoms with Gasteiger partial charge in [-0.3, -0.25) is 24.0 Å². The number of amides is 4. The maximum absolute atomic E-state index is 12.4. The molecule has 0 spiro atoms. The van der Waals surface area contributed by atoms with E-state index >= 15 is 0 Å². The SMILES string of the molecule is CCC(C)C(N)C(=O)NC(C)C(=O)NC(CC(N)=O)C(=O)NC(CCC(=O)O)C(=O)O. The van der Waals surface area contributed by atoms with Crippen molar-refractivity contribution in [2.24, 2.45) is 17.4 Å². The Balaban J connectivity index is 5.17. The normalized spacial score (nSPS) is 15.5. The van der Waals surface area contributed by atoms with Crippen LogP contribution in [0, 0.1) is 5.92 Å². The first-order chi connectivity index (χ1) is 14.3. The Morgan fingerprint density at radius 3 is 1.87 bits per heavy atom. The third-order valence-corrected chi connectivity index (χ3v) is 4.61. The first-order valence-corrected chi connectivity index (χ1v) is 9.69. The summed E-state index contributed by atoms with van der Waals surface area (Å²) in [5.74, 6) is -6.28. The molecule has 0 fully saturated rings. The number of carboxylic acid groups (broad SMARTS) is 2. The Hall–Kier alpha value is -3.22. The second-order valence-corrected chi connectivity index (χ2v) is 7.21. The van der Waals surface area contributed by atoms with Crippen molar-refractivity contribution in [3.05, 3.63) is 0 Å². The second kappa shape index (κ2) is 13.2. The molecule has 0 aliphatic rings. The quantitative estimate of drug-likeness (QED) is 0.151. The van der Waals surface area contributed by atoms with E-state index in [9.17, 15) is 28.8 Å². The van der Waals surface area contributed by atoms with Crippen LogP contribution in [0.5, 0.6) is 0 Å². The molecule has 0 rings (SSSR count). The molecule has 0 saturated heterocycles. The topological polar surface area (TPSA) is 231 Å². The third-order valence-electron chi connectivity index (χ3n) is 4.61. The summed E-state index contributed by atoms with van der Waals surface area (Å²) >= 11 is 0. The van der Waals surface area contributed by atoms with E-state index in [0.29, 0.717) is 6.42 Å². The van der Waals surface area contributed by atoms with Gasteiger partial charge in [0.2, 0.25) is 23.6 Å². The van der Waals surface area contributed by atoms with Crippen LogP contribution in [0.15, 0.2) is 0 Å². The Labute approximate surface area is 179 Å². The lowest BCUT2D eigenvalue weighted by Gasteiger charge is -2.24. The van der Waals surface area contributed by atoms with Gasteiger partial charge in [0.25, 0.3) is 0 Å². The fourth-order valence-electron chi connectivity index (χ4n) is 2.39. The lowest BCUT2D eigenvalue weighted by atomic mass is 9.99. The Morgan fingerprint density at radius 2 is 1.42 bits per heavy atom. The molecule has 13 heteroatoms. The van der Waals surface area contributed by atoms with Crippen LogP contribution in [0.2, 0.25) is 0 Å². The van der Waals surface area contributed by atoms with Gasteiger partial charge in [0, 0.05) is 6.42 Å². The predicted octanol–water partition coefficient (Wildman–Crippen LogP) is -2.34. The van der Waals surface area contributed by atoms with Crippen molar-refractivity contribution in [2.45, 2.75) is 70.6 Å². The van der Waals surface area contributed by atoms with Gasteiger partial charge in [0.1, 0.15) is 18.1 Å². The van der Waals surface area contributed by atoms with E-state index < -0.39 is 79.0 Å². The molecule has 0 aromatic heterocycles. The van der Waals surface area contributed by atoms with E-state index in [-0.39, 0.29) is 5.92 Å². The van der Waals surface area contributed by atoms with Crippen LogP contribution in [0.4, 0.5) is 0 Å². The number of carboxylic acids is 2. The molecule has 4 amide bonds. The number of nitrogens with two attached hydrogens (primary N) is 2. The number of rotatable bonds is 14. The molecule has 0 aliphatic carbocycles. The summed E-state index contributed by atoms with van der Waals surface area (Å²) in [5.41, 5.74) is 10.9. The van der Waals surface area contributed by atoms with Crippen molar-refractivity contribution in [2.75, 3.05) is 0 Å². The van der Waals surface area contributed by atoms with Gasteiger partial charge >= 0.3 is 11.9 Å². The zero-order chi connectivity index (χ0) is 24.3. The zero-order valence-corrected chi connectivity index (χ0v) is 17.7. The molecular weight excluding hydrogens is 414 g/mol. The van der Waals surface area contributed by atoms with Crippen LogP contribution in [0.25, 0.3) is 0 Å². The molecule has 5 atom stereocenters. The lowest BCUT2D eigenvalue weighted by molar-refractivity contribution is -0.143. The molecule has 9 N–H and O–H groups in total. The molecule has 0 heterocycles. The fraction of sp³-hybridized carbons (Fsp3) is 0.667. The van der Waals surface area contributed by atoms with Gasteiger partial charge in [-0.1, -0.05) is 20.3 Å². The monoisotopic (exact) mass is 445 g/mol. The highest BCUT2D eigenvalue weighted by Gasteiger charge is 2.30. The summed E-state index contributed by atoms with van der Waals surface area (Å²) < 4.78 is 0. The Kier molecular flexibility index (Phi) is 11.8. The van der Waals surface area contributed by atoms with E-state index in [1.54, 1.807) is 6.92 Å². The number of hydrogen-bond acceptors (Lipinski definition) is 7. The summed E-state index contributed by atoms with van der Waals surface area (Å²) in [6.07, 6.45) is -0.935. The van der Waals surface area contributed by atoms with E-state index in [0.717, 1.165) is 0 Å². The zero-order valence-electron chi connectivity index (χ0n) is 17.7. The minimum Gasteiger partial charge on any atom is -0.481 e. The van der Waals surface area contributed by atoms with Crippen LogP contribution in [-0.2, 0) is 28.8 Å². The molecule has 176 valence electrons. The van der Waals surface area contributed by atoms with Gasteiger partial charge in [-0.05, 0) is 19.3 Å². The van der Waals surface area contributed by atoms with Crippen LogP contribution >= 0.6 is 0 Å². The van der Waals surface area contributed by atoms with Gasteiger partial charge in [0.15, 0.2) is 0 Å².